The Kier molecular flexibility index (Phi) is 4.38. The highest BCUT2D eigenvalue weighted by molar-refractivity contribution is 5.95. The third-order valence-corrected chi connectivity index (χ3v) is 4.16. The molecule has 2 aromatic carbocycles. The van der Waals surface area contributed by atoms with Crippen LogP contribution in [0, 0.1) is 13.8 Å². The van der Waals surface area contributed by atoms with Crippen molar-refractivity contribution < 1.29 is 9.32 Å². The molecule has 1 heterocycles. The fraction of sp³-hybridized carbons (Fsp3) is 0.300. The van der Waals surface area contributed by atoms with Crippen molar-refractivity contribution in [2.75, 3.05) is 5.32 Å². The number of nitrogens with one attached hydrogen (secondary N) is 1. The number of benzene rings is 2. The minimum absolute atomic E-state index is 0.0857. The molecular formula is C20H22N2O2. The van der Waals surface area contributed by atoms with Crippen molar-refractivity contribution in [3.8, 4) is 0 Å². The van der Waals surface area contributed by atoms with Gasteiger partial charge in [0.05, 0.1) is 6.42 Å². The molecule has 1 aromatic heterocycles. The topological polar surface area (TPSA) is 55.1 Å². The van der Waals surface area contributed by atoms with Gasteiger partial charge in [0.15, 0.2) is 5.58 Å². The lowest BCUT2D eigenvalue weighted by Gasteiger charge is -2.13. The standard InChI is InChI=1S/C20H22N2O2/c1-12(2)15-7-5-6-8-17(15)21-19(23)11-18-16-10-13(3)9-14(4)20(16)24-22-18/h5-10,12H,11H2,1-4H3,(H,21,23). The van der Waals surface area contributed by atoms with Crippen molar-refractivity contribution in [2.45, 2.75) is 40.0 Å². The molecular weight excluding hydrogens is 300 g/mol. The maximum absolute atomic E-state index is 12.5. The molecule has 124 valence electrons. The smallest absolute Gasteiger partial charge is 0.230 e. The zero-order valence-corrected chi connectivity index (χ0v) is 14.5. The van der Waals surface area contributed by atoms with Gasteiger partial charge in [-0.25, -0.2) is 0 Å². The first-order chi connectivity index (χ1) is 11.5. The number of rotatable bonds is 4. The van der Waals surface area contributed by atoms with Crippen LogP contribution >= 0.6 is 0 Å². The number of hydrogen-bond donors (Lipinski definition) is 1. The summed E-state index contributed by atoms with van der Waals surface area (Å²) in [6.45, 7) is 8.24. The van der Waals surface area contributed by atoms with E-state index in [-0.39, 0.29) is 12.3 Å². The molecule has 0 atom stereocenters. The van der Waals surface area contributed by atoms with E-state index in [1.54, 1.807) is 0 Å². The number of para-hydroxylation sites is 1. The Balaban J connectivity index is 1.84. The predicted octanol–water partition coefficient (Wildman–Crippen LogP) is 4.75. The van der Waals surface area contributed by atoms with Crippen LogP contribution in [-0.2, 0) is 11.2 Å². The van der Waals surface area contributed by atoms with Crippen LogP contribution in [0.5, 0.6) is 0 Å². The number of aryl methyl sites for hydroxylation is 2. The van der Waals surface area contributed by atoms with E-state index in [1.165, 1.54) is 0 Å². The number of amides is 1. The Bertz CT molecular complexity index is 894. The van der Waals surface area contributed by atoms with Crippen LogP contribution in [0.4, 0.5) is 5.69 Å². The van der Waals surface area contributed by atoms with Gasteiger partial charge in [-0.2, -0.15) is 0 Å². The minimum atomic E-state index is -0.0857. The van der Waals surface area contributed by atoms with E-state index in [0.29, 0.717) is 11.6 Å². The summed E-state index contributed by atoms with van der Waals surface area (Å²) in [4.78, 5) is 12.5. The summed E-state index contributed by atoms with van der Waals surface area (Å²) in [6.07, 6.45) is 0.197. The van der Waals surface area contributed by atoms with Crippen LogP contribution in [0.25, 0.3) is 11.0 Å². The Hall–Kier alpha value is -2.62. The molecule has 0 radical (unpaired) electrons. The molecule has 3 aromatic rings. The van der Waals surface area contributed by atoms with Gasteiger partial charge in [-0.3, -0.25) is 4.79 Å². The summed E-state index contributed by atoms with van der Waals surface area (Å²) in [6, 6.07) is 12.0. The molecule has 24 heavy (non-hydrogen) atoms. The molecule has 0 saturated carbocycles. The third kappa shape index (κ3) is 3.18. The van der Waals surface area contributed by atoms with Gasteiger partial charge in [0.2, 0.25) is 5.91 Å². The molecule has 3 rings (SSSR count). The second kappa shape index (κ2) is 6.48. The van der Waals surface area contributed by atoms with Crippen LogP contribution in [0.15, 0.2) is 40.9 Å². The van der Waals surface area contributed by atoms with Crippen molar-refractivity contribution in [1.29, 1.82) is 0 Å². The summed E-state index contributed by atoms with van der Waals surface area (Å²) in [5, 5.41) is 8.02. The lowest BCUT2D eigenvalue weighted by molar-refractivity contribution is -0.115. The number of anilines is 1. The van der Waals surface area contributed by atoms with Gasteiger partial charge in [-0.1, -0.05) is 43.3 Å². The number of hydrogen-bond acceptors (Lipinski definition) is 3. The van der Waals surface area contributed by atoms with E-state index in [9.17, 15) is 4.79 Å². The molecule has 0 unspecified atom stereocenters. The molecule has 0 aliphatic heterocycles. The van der Waals surface area contributed by atoms with Gasteiger partial charge in [-0.15, -0.1) is 0 Å². The van der Waals surface area contributed by atoms with E-state index in [2.05, 4.69) is 30.4 Å². The van der Waals surface area contributed by atoms with E-state index in [4.69, 9.17) is 4.52 Å². The zero-order valence-electron chi connectivity index (χ0n) is 14.5. The molecule has 1 N–H and O–H groups in total. The Morgan fingerprint density at radius 3 is 2.71 bits per heavy atom. The average Bonchev–Trinajstić information content (AvgIpc) is 2.90. The van der Waals surface area contributed by atoms with Crippen LogP contribution < -0.4 is 5.32 Å². The highest BCUT2D eigenvalue weighted by atomic mass is 16.5. The van der Waals surface area contributed by atoms with E-state index in [1.807, 2.05) is 44.2 Å². The van der Waals surface area contributed by atoms with Gasteiger partial charge >= 0.3 is 0 Å². The van der Waals surface area contributed by atoms with Crippen molar-refractivity contribution in [3.63, 3.8) is 0 Å². The van der Waals surface area contributed by atoms with Crippen LogP contribution in [0.1, 0.15) is 42.1 Å². The second-order valence-electron chi connectivity index (χ2n) is 6.55. The van der Waals surface area contributed by atoms with Gasteiger partial charge in [0, 0.05) is 11.1 Å². The second-order valence-corrected chi connectivity index (χ2v) is 6.55. The predicted molar refractivity (Wildman–Crippen MR) is 96.3 cm³/mol. The normalized spacial score (nSPS) is 11.2. The van der Waals surface area contributed by atoms with E-state index >= 15 is 0 Å². The highest BCUT2D eigenvalue weighted by Gasteiger charge is 2.16. The molecule has 0 spiro atoms. The van der Waals surface area contributed by atoms with Gasteiger partial charge < -0.3 is 9.84 Å². The first-order valence-electron chi connectivity index (χ1n) is 8.20. The fourth-order valence-electron chi connectivity index (χ4n) is 3.03. The summed E-state index contributed by atoms with van der Waals surface area (Å²) < 4.78 is 5.42. The van der Waals surface area contributed by atoms with Crippen LogP contribution in [0.2, 0.25) is 0 Å². The average molecular weight is 322 g/mol. The Labute approximate surface area is 141 Å². The molecule has 0 aliphatic rings. The lowest BCUT2D eigenvalue weighted by Crippen LogP contribution is -2.16. The molecule has 4 nitrogen and oxygen atoms in total. The van der Waals surface area contributed by atoms with Crippen molar-refractivity contribution >= 4 is 22.6 Å². The van der Waals surface area contributed by atoms with Gasteiger partial charge in [-0.05, 0) is 48.6 Å². The van der Waals surface area contributed by atoms with E-state index < -0.39 is 0 Å². The molecule has 0 aliphatic carbocycles. The monoisotopic (exact) mass is 322 g/mol. The van der Waals surface area contributed by atoms with Crippen molar-refractivity contribution in [3.05, 3.63) is 58.8 Å². The van der Waals surface area contributed by atoms with Crippen molar-refractivity contribution in [1.82, 2.24) is 5.16 Å². The molecule has 1 amide bonds. The summed E-state index contributed by atoms with van der Waals surface area (Å²) >= 11 is 0. The van der Waals surface area contributed by atoms with E-state index in [0.717, 1.165) is 33.3 Å². The Morgan fingerprint density at radius 1 is 1.21 bits per heavy atom. The quantitative estimate of drug-likeness (QED) is 0.754. The first kappa shape index (κ1) is 16.2. The maximum Gasteiger partial charge on any atom is 0.230 e. The minimum Gasteiger partial charge on any atom is -0.356 e. The van der Waals surface area contributed by atoms with Crippen LogP contribution in [-0.4, -0.2) is 11.1 Å². The summed E-state index contributed by atoms with van der Waals surface area (Å²) in [5.41, 5.74) is 5.59. The summed E-state index contributed by atoms with van der Waals surface area (Å²) in [5.74, 6) is 0.261. The zero-order chi connectivity index (χ0) is 17.3. The molecule has 4 heteroatoms. The highest BCUT2D eigenvalue weighted by Crippen LogP contribution is 2.26. The number of carbonyl (C=O) groups is 1. The first-order valence-corrected chi connectivity index (χ1v) is 8.20. The number of aromatic nitrogens is 1. The maximum atomic E-state index is 12.5. The van der Waals surface area contributed by atoms with Crippen molar-refractivity contribution in [2.24, 2.45) is 0 Å². The summed E-state index contributed by atoms with van der Waals surface area (Å²) in [7, 11) is 0. The number of fused-ring (bicyclic) bond motifs is 1. The SMILES string of the molecule is Cc1cc(C)c2onc(CC(=O)Nc3ccccc3C(C)C)c2c1. The molecule has 0 bridgehead atoms. The number of nitrogens with zero attached hydrogens (tertiary/aromatic N) is 1. The number of carbonyl (C=O) groups excluding carboxylic acids is 1. The Morgan fingerprint density at radius 2 is 1.96 bits per heavy atom. The fourth-order valence-corrected chi connectivity index (χ4v) is 3.03. The molecule has 0 saturated heterocycles. The van der Waals surface area contributed by atoms with Gasteiger partial charge in [0.1, 0.15) is 5.69 Å². The lowest BCUT2D eigenvalue weighted by atomic mass is 10.0. The molecule has 0 fully saturated rings. The largest absolute Gasteiger partial charge is 0.356 e. The van der Waals surface area contributed by atoms with Gasteiger partial charge in [0.25, 0.3) is 0 Å². The van der Waals surface area contributed by atoms with Crippen LogP contribution in [0.3, 0.4) is 0 Å². The third-order valence-electron chi connectivity index (χ3n) is 4.16.